The summed E-state index contributed by atoms with van der Waals surface area (Å²) in [6.45, 7) is 4.30. The Morgan fingerprint density at radius 2 is 1.71 bits per heavy atom. The van der Waals surface area contributed by atoms with E-state index in [0.717, 1.165) is 22.0 Å². The third kappa shape index (κ3) is 4.38. The monoisotopic (exact) mass is 449 g/mol. The second-order valence-electron chi connectivity index (χ2n) is 8.06. The topological polar surface area (TPSA) is 66.2 Å². The predicted molar refractivity (Wildman–Crippen MR) is 131 cm³/mol. The van der Waals surface area contributed by atoms with Crippen LogP contribution in [0.3, 0.4) is 0 Å². The van der Waals surface area contributed by atoms with Crippen molar-refractivity contribution in [2.75, 3.05) is 0 Å². The molecule has 0 unspecified atom stereocenters. The number of benzene rings is 4. The van der Waals surface area contributed by atoms with Crippen LogP contribution in [0.5, 0.6) is 11.5 Å². The fraction of sp³-hybridized carbons (Fsp3) is 0.107. The Bertz CT molecular complexity index is 1480. The minimum atomic E-state index is -0.445. The molecule has 0 saturated heterocycles. The van der Waals surface area contributed by atoms with Gasteiger partial charge >= 0.3 is 5.97 Å². The fourth-order valence-corrected chi connectivity index (χ4v) is 3.82. The summed E-state index contributed by atoms with van der Waals surface area (Å²) in [5.74, 6) is 0.617. The van der Waals surface area contributed by atoms with Gasteiger partial charge in [-0.2, -0.15) is 0 Å². The molecule has 0 aliphatic heterocycles. The number of hydrogen-bond donors (Lipinski definition) is 0. The van der Waals surface area contributed by atoms with Gasteiger partial charge in [-0.05, 0) is 54.6 Å². The van der Waals surface area contributed by atoms with Crippen LogP contribution >= 0.6 is 0 Å². The van der Waals surface area contributed by atoms with E-state index in [9.17, 15) is 4.79 Å². The molecule has 5 aromatic rings. The summed E-state index contributed by atoms with van der Waals surface area (Å²) in [6, 6.07) is 26.4. The highest BCUT2D eigenvalue weighted by Crippen LogP contribution is 2.29. The Kier molecular flexibility index (Phi) is 5.79. The van der Waals surface area contributed by atoms with Gasteiger partial charge in [0.1, 0.15) is 17.2 Å². The Morgan fingerprint density at radius 1 is 0.912 bits per heavy atom. The number of carbonyl (C=O) groups is 1. The zero-order valence-electron chi connectivity index (χ0n) is 18.9. The van der Waals surface area contributed by atoms with Gasteiger partial charge in [-0.25, -0.2) is 9.48 Å². The molecule has 0 aliphatic rings. The molecular formula is C28H23N3O3. The van der Waals surface area contributed by atoms with Gasteiger partial charge in [-0.15, -0.1) is 5.10 Å². The molecule has 1 heterocycles. The molecule has 0 fully saturated rings. The van der Waals surface area contributed by atoms with Crippen LogP contribution in [0.4, 0.5) is 0 Å². The minimum absolute atomic E-state index is 0.152. The summed E-state index contributed by atoms with van der Waals surface area (Å²) < 4.78 is 13.3. The average molecular weight is 450 g/mol. The second-order valence-corrected chi connectivity index (χ2v) is 8.06. The Hall–Kier alpha value is -4.45. The summed E-state index contributed by atoms with van der Waals surface area (Å²) in [5, 5.41) is 10.3. The first kappa shape index (κ1) is 21.4. The van der Waals surface area contributed by atoms with E-state index >= 15 is 0 Å². The maximum atomic E-state index is 12.8. The van der Waals surface area contributed by atoms with E-state index in [1.54, 1.807) is 22.9 Å². The van der Waals surface area contributed by atoms with Gasteiger partial charge in [0.25, 0.3) is 0 Å². The fourth-order valence-electron chi connectivity index (χ4n) is 3.82. The van der Waals surface area contributed by atoms with Crippen LogP contribution in [0.15, 0.2) is 91.1 Å². The molecule has 0 aliphatic carbocycles. The molecule has 0 amide bonds. The third-order valence-electron chi connectivity index (χ3n) is 5.78. The lowest BCUT2D eigenvalue weighted by Crippen LogP contribution is -2.10. The van der Waals surface area contributed by atoms with E-state index in [0.29, 0.717) is 17.1 Å². The van der Waals surface area contributed by atoms with Gasteiger partial charge in [0.05, 0.1) is 11.8 Å². The van der Waals surface area contributed by atoms with E-state index in [1.165, 1.54) is 11.1 Å². The lowest BCUT2D eigenvalue weighted by Gasteiger charge is -2.12. The summed E-state index contributed by atoms with van der Waals surface area (Å²) in [5.41, 5.74) is 4.62. The van der Waals surface area contributed by atoms with Crippen LogP contribution in [0.25, 0.3) is 22.0 Å². The van der Waals surface area contributed by atoms with Crippen LogP contribution in [0, 0.1) is 13.8 Å². The lowest BCUT2D eigenvalue weighted by atomic mass is 10.0. The predicted octanol–water partition coefficient (Wildman–Crippen LogP) is 5.97. The van der Waals surface area contributed by atoms with E-state index in [4.69, 9.17) is 9.47 Å². The number of esters is 1. The third-order valence-corrected chi connectivity index (χ3v) is 5.78. The van der Waals surface area contributed by atoms with Crippen LogP contribution < -0.4 is 9.47 Å². The number of fused-ring (bicyclic) bond motifs is 1. The van der Waals surface area contributed by atoms with E-state index < -0.39 is 5.97 Å². The number of para-hydroxylation sites is 1. The minimum Gasteiger partial charge on any atom is -0.471 e. The van der Waals surface area contributed by atoms with Crippen molar-refractivity contribution in [3.05, 3.63) is 108 Å². The summed E-state index contributed by atoms with van der Waals surface area (Å²) in [7, 11) is 0. The highest BCUT2D eigenvalue weighted by Gasteiger charge is 2.14. The molecular weight excluding hydrogens is 426 g/mol. The molecule has 0 bridgehead atoms. The van der Waals surface area contributed by atoms with Gasteiger partial charge in [0, 0.05) is 10.9 Å². The molecule has 0 spiro atoms. The SMILES string of the molecule is Cc1cccc(-c2cn(COc3cc(C(=O)Oc4ccccc4)cc4ccccc34)nn2)c1C. The highest BCUT2D eigenvalue weighted by molar-refractivity contribution is 5.99. The molecule has 4 aromatic carbocycles. The van der Waals surface area contributed by atoms with Gasteiger partial charge in [-0.3, -0.25) is 0 Å². The van der Waals surface area contributed by atoms with Crippen molar-refractivity contribution < 1.29 is 14.3 Å². The number of rotatable bonds is 6. The first-order chi connectivity index (χ1) is 16.6. The number of aryl methyl sites for hydroxylation is 1. The summed E-state index contributed by atoms with van der Waals surface area (Å²) in [4.78, 5) is 12.8. The molecule has 1 aromatic heterocycles. The maximum absolute atomic E-state index is 12.8. The van der Waals surface area contributed by atoms with Crippen LogP contribution in [-0.4, -0.2) is 21.0 Å². The van der Waals surface area contributed by atoms with Crippen molar-refractivity contribution in [3.63, 3.8) is 0 Å². The zero-order chi connectivity index (χ0) is 23.5. The van der Waals surface area contributed by atoms with Gasteiger partial charge < -0.3 is 9.47 Å². The second kappa shape index (κ2) is 9.19. The molecule has 0 radical (unpaired) electrons. The first-order valence-electron chi connectivity index (χ1n) is 11.0. The summed E-state index contributed by atoms with van der Waals surface area (Å²) >= 11 is 0. The smallest absolute Gasteiger partial charge is 0.343 e. The zero-order valence-corrected chi connectivity index (χ0v) is 18.9. The number of carbonyl (C=O) groups excluding carboxylic acids is 1. The van der Waals surface area contributed by atoms with Crippen molar-refractivity contribution >= 4 is 16.7 Å². The standard InChI is InChI=1S/C28H23N3O3/c1-19-9-8-14-24(20(19)2)26-17-31(30-29-26)18-33-27-16-22(15-21-10-6-7-13-25(21)27)28(32)34-23-11-4-3-5-12-23/h3-17H,18H2,1-2H3. The summed E-state index contributed by atoms with van der Waals surface area (Å²) in [6.07, 6.45) is 1.86. The Balaban J connectivity index is 1.40. The van der Waals surface area contributed by atoms with Crippen molar-refractivity contribution in [2.45, 2.75) is 20.6 Å². The van der Waals surface area contributed by atoms with Crippen LogP contribution in [0.2, 0.25) is 0 Å². The molecule has 0 atom stereocenters. The quantitative estimate of drug-likeness (QED) is 0.236. The molecule has 6 nitrogen and oxygen atoms in total. The number of aromatic nitrogens is 3. The average Bonchev–Trinajstić information content (AvgIpc) is 3.33. The Labute approximate surface area is 197 Å². The van der Waals surface area contributed by atoms with Crippen molar-refractivity contribution in [1.29, 1.82) is 0 Å². The van der Waals surface area contributed by atoms with E-state index in [2.05, 4.69) is 30.2 Å². The maximum Gasteiger partial charge on any atom is 0.343 e. The van der Waals surface area contributed by atoms with Crippen molar-refractivity contribution in [2.24, 2.45) is 0 Å². The molecule has 34 heavy (non-hydrogen) atoms. The first-order valence-corrected chi connectivity index (χ1v) is 11.0. The van der Waals surface area contributed by atoms with Gasteiger partial charge in [-0.1, -0.05) is 65.9 Å². The van der Waals surface area contributed by atoms with Crippen LogP contribution in [0.1, 0.15) is 21.5 Å². The van der Waals surface area contributed by atoms with Crippen molar-refractivity contribution in [3.8, 4) is 22.8 Å². The molecule has 5 rings (SSSR count). The number of hydrogen-bond acceptors (Lipinski definition) is 5. The molecule has 168 valence electrons. The molecule has 0 saturated carbocycles. The largest absolute Gasteiger partial charge is 0.471 e. The number of ether oxygens (including phenoxy) is 2. The number of nitrogens with zero attached hydrogens (tertiary/aromatic N) is 3. The van der Waals surface area contributed by atoms with Crippen molar-refractivity contribution in [1.82, 2.24) is 15.0 Å². The van der Waals surface area contributed by atoms with Gasteiger partial charge in [0.2, 0.25) is 0 Å². The molecule has 6 heteroatoms. The van der Waals surface area contributed by atoms with E-state index in [1.807, 2.05) is 66.9 Å². The van der Waals surface area contributed by atoms with Gasteiger partial charge in [0.15, 0.2) is 6.73 Å². The van der Waals surface area contributed by atoms with E-state index in [-0.39, 0.29) is 6.73 Å². The van der Waals surface area contributed by atoms with Crippen LogP contribution in [-0.2, 0) is 6.73 Å². The molecule has 0 N–H and O–H groups in total. The Morgan fingerprint density at radius 3 is 2.56 bits per heavy atom. The normalized spacial score (nSPS) is 10.9. The highest BCUT2D eigenvalue weighted by atomic mass is 16.5. The lowest BCUT2D eigenvalue weighted by molar-refractivity contribution is 0.0734.